The molecule has 1 aliphatic heterocycles. The third-order valence-electron chi connectivity index (χ3n) is 11.3. The number of hydrogen-bond donors (Lipinski definition) is 0. The molecule has 3 heteroatoms. The molecule has 0 fully saturated rings. The molecule has 0 unspecified atom stereocenters. The van der Waals surface area contributed by atoms with Gasteiger partial charge in [-0.3, -0.25) is 0 Å². The minimum atomic E-state index is 0. The fourth-order valence-corrected chi connectivity index (χ4v) is 7.66. The van der Waals surface area contributed by atoms with E-state index in [1.54, 1.807) is 11.1 Å². The molecule has 326 valence electrons. The van der Waals surface area contributed by atoms with Crippen molar-refractivity contribution < 1.29 is 21.2 Å². The van der Waals surface area contributed by atoms with E-state index in [4.69, 9.17) is 0 Å². The maximum absolute atomic E-state index is 12.0. The van der Waals surface area contributed by atoms with Crippen molar-refractivity contribution in [3.63, 3.8) is 0 Å². The SMILES string of the molecule is CCCCCc1cc(C2=CC=C(c3cc(CCCCC)c(CCCCC)c(CCCCC)c3)[N+]2=[N-])cc(CCCCC)c1CCCCC.[CH2-]CCC.[CH2-]CCC.[Ni+2]. The Morgan fingerprint density at radius 3 is 0.825 bits per heavy atom. The molecule has 1 aliphatic rings. The molecule has 0 saturated heterocycles. The van der Waals surface area contributed by atoms with Crippen LogP contribution in [0.2, 0.25) is 0 Å². The summed E-state index contributed by atoms with van der Waals surface area (Å²) in [6.07, 6.45) is 38.6. The van der Waals surface area contributed by atoms with Crippen molar-refractivity contribution in [1.29, 1.82) is 0 Å². The summed E-state index contributed by atoms with van der Waals surface area (Å²) < 4.78 is 1.52. The van der Waals surface area contributed by atoms with Gasteiger partial charge in [-0.25, -0.2) is 4.70 Å². The monoisotopic (exact) mass is 825 g/mol. The normalized spacial score (nSPS) is 12.0. The van der Waals surface area contributed by atoms with Gasteiger partial charge < -0.3 is 19.4 Å². The zero-order valence-corrected chi connectivity index (χ0v) is 39.9. The molecular weight excluding hydrogens is 735 g/mol. The van der Waals surface area contributed by atoms with Gasteiger partial charge in [0, 0.05) is 23.3 Å². The van der Waals surface area contributed by atoms with Crippen LogP contribution in [0.1, 0.15) is 241 Å². The van der Waals surface area contributed by atoms with Crippen LogP contribution in [-0.2, 0) is 55.0 Å². The molecule has 0 atom stereocenters. The Bertz CT molecular complexity index is 1210. The number of allylic oxidation sites excluding steroid dienone is 2. The molecule has 0 aromatic heterocycles. The summed E-state index contributed by atoms with van der Waals surface area (Å²) >= 11 is 0. The zero-order chi connectivity index (χ0) is 41.4. The minimum absolute atomic E-state index is 0. The van der Waals surface area contributed by atoms with E-state index >= 15 is 0 Å². The van der Waals surface area contributed by atoms with Crippen LogP contribution < -0.4 is 0 Å². The second-order valence-corrected chi connectivity index (χ2v) is 16.4. The van der Waals surface area contributed by atoms with Crippen LogP contribution >= 0.6 is 0 Å². The predicted octanol–water partition coefficient (Wildman–Crippen LogP) is 17.8. The number of benzene rings is 2. The van der Waals surface area contributed by atoms with Crippen LogP contribution in [0, 0.1) is 13.8 Å². The van der Waals surface area contributed by atoms with E-state index in [1.807, 2.05) is 0 Å². The van der Waals surface area contributed by atoms with Gasteiger partial charge in [-0.15, -0.1) is 0 Å². The second kappa shape index (κ2) is 35.9. The van der Waals surface area contributed by atoms with Crippen LogP contribution in [0.25, 0.3) is 16.9 Å². The van der Waals surface area contributed by atoms with Crippen LogP contribution in [0.5, 0.6) is 0 Å². The first-order chi connectivity index (χ1) is 27.3. The molecule has 0 radical (unpaired) electrons. The van der Waals surface area contributed by atoms with E-state index < -0.39 is 0 Å². The van der Waals surface area contributed by atoms with Crippen LogP contribution in [0.3, 0.4) is 0 Å². The quantitative estimate of drug-likeness (QED) is 0.0353. The Kier molecular flexibility index (Phi) is 34.7. The summed E-state index contributed by atoms with van der Waals surface area (Å²) in [7, 11) is 0. The Morgan fingerprint density at radius 1 is 0.386 bits per heavy atom. The largest absolute Gasteiger partial charge is 2.00 e. The third kappa shape index (κ3) is 21.2. The fraction of sp³-hybridized carbons (Fsp3) is 0.667. The maximum Gasteiger partial charge on any atom is 2.00 e. The summed E-state index contributed by atoms with van der Waals surface area (Å²) in [5.41, 5.74) is 25.5. The molecule has 0 saturated carbocycles. The summed E-state index contributed by atoms with van der Waals surface area (Å²) in [5, 5.41) is 0. The summed E-state index contributed by atoms with van der Waals surface area (Å²) in [6.45, 7) is 25.3. The smallest absolute Gasteiger partial charge is 0.493 e. The van der Waals surface area contributed by atoms with Crippen molar-refractivity contribution in [3.05, 3.63) is 100 Å². The van der Waals surface area contributed by atoms with Crippen LogP contribution in [0.15, 0.2) is 36.4 Å². The topological polar surface area (TPSA) is 25.3 Å². The van der Waals surface area contributed by atoms with Gasteiger partial charge in [0.25, 0.3) is 0 Å². The van der Waals surface area contributed by atoms with E-state index in [2.05, 4.69) is 106 Å². The fourth-order valence-electron chi connectivity index (χ4n) is 7.66. The Morgan fingerprint density at radius 2 is 0.614 bits per heavy atom. The van der Waals surface area contributed by atoms with Gasteiger partial charge in [-0.2, -0.15) is 12.8 Å². The number of rotatable bonds is 28. The van der Waals surface area contributed by atoms with E-state index in [-0.39, 0.29) is 16.5 Å². The molecule has 0 N–H and O–H groups in total. The van der Waals surface area contributed by atoms with Crippen LogP contribution in [0.4, 0.5) is 0 Å². The number of unbranched alkanes of at least 4 members (excludes halogenated alkanes) is 14. The molecular formula is C54H90N2Ni. The first kappa shape index (κ1) is 55.0. The van der Waals surface area contributed by atoms with Gasteiger partial charge in [0.05, 0.1) is 0 Å². The summed E-state index contributed by atoms with van der Waals surface area (Å²) in [5.74, 6) is 0. The average molecular weight is 826 g/mol. The first-order valence-corrected chi connectivity index (χ1v) is 24.1. The molecule has 2 aromatic rings. The van der Waals surface area contributed by atoms with Gasteiger partial charge in [0.2, 0.25) is 11.4 Å². The molecule has 0 bridgehead atoms. The van der Waals surface area contributed by atoms with Gasteiger partial charge in [-0.05, 0) is 135 Å². The Balaban J connectivity index is 0.00000317. The third-order valence-corrected chi connectivity index (χ3v) is 11.3. The van der Waals surface area contributed by atoms with Crippen molar-refractivity contribution in [2.45, 2.75) is 235 Å². The number of aryl methyl sites for hydroxylation is 4. The van der Waals surface area contributed by atoms with Crippen molar-refractivity contribution in [2.75, 3.05) is 0 Å². The van der Waals surface area contributed by atoms with E-state index in [0.717, 1.165) is 49.9 Å². The molecule has 0 spiro atoms. The zero-order valence-electron chi connectivity index (χ0n) is 38.9. The molecule has 57 heavy (non-hydrogen) atoms. The van der Waals surface area contributed by atoms with Crippen LogP contribution in [-0.4, -0.2) is 4.70 Å². The van der Waals surface area contributed by atoms with Crippen molar-refractivity contribution in [1.82, 2.24) is 0 Å². The van der Waals surface area contributed by atoms with Gasteiger partial charge >= 0.3 is 16.5 Å². The van der Waals surface area contributed by atoms with Crippen molar-refractivity contribution in [2.24, 2.45) is 0 Å². The molecule has 0 aliphatic carbocycles. The molecule has 1 heterocycles. The number of nitrogens with zero attached hydrogens (tertiary/aromatic N) is 2. The summed E-state index contributed by atoms with van der Waals surface area (Å²) in [6, 6.07) is 9.76. The van der Waals surface area contributed by atoms with Crippen molar-refractivity contribution >= 4 is 11.4 Å². The Labute approximate surface area is 366 Å². The molecule has 3 rings (SSSR count). The van der Waals surface area contributed by atoms with Gasteiger partial charge in [0.15, 0.2) is 0 Å². The number of hydrogen-bond acceptors (Lipinski definition) is 0. The summed E-state index contributed by atoms with van der Waals surface area (Å²) in [4.78, 5) is 0. The van der Waals surface area contributed by atoms with E-state index in [0.29, 0.717) is 0 Å². The van der Waals surface area contributed by atoms with Gasteiger partial charge in [-0.1, -0.05) is 145 Å². The average Bonchev–Trinajstić information content (AvgIpc) is 3.60. The minimum Gasteiger partial charge on any atom is -0.493 e. The standard InChI is InChI=1S/C46H72N2.2C4H9.Ni/c1-7-13-19-25-37-33-41(34-38(26-20-14-8-2)43(37)29-23-17-11-5)45-31-32-46(48(45)47)42-35-39(27-21-15-9-3)44(30-24-18-12-6)40(36-42)28-22-16-10-4;2*1-3-4-2;/h31-36H,7-30H2,1-6H3;2*1,3-4H2,2H3;/q;2*-1;+2. The van der Waals surface area contributed by atoms with E-state index in [1.165, 1.54) is 179 Å². The van der Waals surface area contributed by atoms with E-state index in [9.17, 15) is 5.53 Å². The second-order valence-electron chi connectivity index (χ2n) is 16.4. The molecule has 2 aromatic carbocycles. The Hall–Kier alpha value is -1.99. The first-order valence-electron chi connectivity index (χ1n) is 24.1. The molecule has 2 nitrogen and oxygen atoms in total. The van der Waals surface area contributed by atoms with Gasteiger partial charge in [0.1, 0.15) is 0 Å². The maximum atomic E-state index is 12.0. The molecule has 0 amide bonds. The van der Waals surface area contributed by atoms with Crippen molar-refractivity contribution in [3.8, 4) is 0 Å². The predicted molar refractivity (Wildman–Crippen MR) is 252 cm³/mol.